The van der Waals surface area contributed by atoms with Crippen LogP contribution in [0.2, 0.25) is 0 Å². The van der Waals surface area contributed by atoms with Gasteiger partial charge in [-0.15, -0.1) is 0 Å². The molecular weight excluding hydrogens is 194 g/mol. The van der Waals surface area contributed by atoms with E-state index in [2.05, 4.69) is 0 Å². The van der Waals surface area contributed by atoms with Crippen molar-refractivity contribution in [3.8, 4) is 0 Å². The van der Waals surface area contributed by atoms with Gasteiger partial charge in [-0.1, -0.05) is 5.57 Å². The van der Waals surface area contributed by atoms with Gasteiger partial charge in [-0.05, 0) is 33.1 Å². The van der Waals surface area contributed by atoms with Gasteiger partial charge in [-0.2, -0.15) is 0 Å². The zero-order chi connectivity index (χ0) is 11.4. The summed E-state index contributed by atoms with van der Waals surface area (Å²) in [6.45, 7) is 4.22. The number of carbonyl (C=O) groups excluding carboxylic acids is 1. The number of hydrogen-bond acceptors (Lipinski definition) is 2. The molecule has 1 heterocycles. The molecule has 1 saturated heterocycles. The fourth-order valence-corrected chi connectivity index (χ4v) is 1.78. The highest BCUT2D eigenvalue weighted by atomic mass is 16.4. The summed E-state index contributed by atoms with van der Waals surface area (Å²) >= 11 is 0. The quantitative estimate of drug-likeness (QED) is 0.703. The summed E-state index contributed by atoms with van der Waals surface area (Å²) in [5.41, 5.74) is 0.898. The van der Waals surface area contributed by atoms with Gasteiger partial charge < -0.3 is 10.0 Å². The molecule has 1 amide bonds. The highest BCUT2D eigenvalue weighted by molar-refractivity contribution is 5.91. The second-order valence-electron chi connectivity index (χ2n) is 4.10. The van der Waals surface area contributed by atoms with Crippen molar-refractivity contribution in [3.63, 3.8) is 0 Å². The van der Waals surface area contributed by atoms with E-state index in [9.17, 15) is 9.59 Å². The van der Waals surface area contributed by atoms with Gasteiger partial charge in [0.2, 0.25) is 5.91 Å². The molecule has 0 aromatic carbocycles. The Morgan fingerprint density at radius 3 is 2.53 bits per heavy atom. The van der Waals surface area contributed by atoms with Crippen molar-refractivity contribution in [1.82, 2.24) is 4.90 Å². The van der Waals surface area contributed by atoms with E-state index in [0.717, 1.165) is 18.4 Å². The smallest absolute Gasteiger partial charge is 0.326 e. The van der Waals surface area contributed by atoms with E-state index in [1.54, 1.807) is 0 Å². The Labute approximate surface area is 89.6 Å². The Morgan fingerprint density at radius 2 is 2.00 bits per heavy atom. The lowest BCUT2D eigenvalue weighted by Crippen LogP contribution is -2.47. The Balaban J connectivity index is 2.76. The summed E-state index contributed by atoms with van der Waals surface area (Å²) in [7, 11) is 0. The number of hydrogen-bond donors (Lipinski definition) is 1. The molecule has 0 spiro atoms. The fraction of sp³-hybridized carbons (Fsp3) is 0.636. The van der Waals surface area contributed by atoms with E-state index in [1.807, 2.05) is 13.8 Å². The summed E-state index contributed by atoms with van der Waals surface area (Å²) in [5.74, 6) is -1.08. The lowest BCUT2D eigenvalue weighted by atomic mass is 10.0. The lowest BCUT2D eigenvalue weighted by molar-refractivity contribution is -0.150. The van der Waals surface area contributed by atoms with Crippen LogP contribution in [0.25, 0.3) is 0 Å². The molecule has 1 aliphatic rings. The molecule has 0 aromatic heterocycles. The van der Waals surface area contributed by atoms with E-state index < -0.39 is 12.0 Å². The summed E-state index contributed by atoms with van der Waals surface area (Å²) in [6.07, 6.45) is 3.85. The van der Waals surface area contributed by atoms with Crippen LogP contribution in [0.15, 0.2) is 11.6 Å². The Morgan fingerprint density at radius 1 is 1.33 bits per heavy atom. The van der Waals surface area contributed by atoms with E-state index >= 15 is 0 Å². The van der Waals surface area contributed by atoms with Crippen molar-refractivity contribution in [2.75, 3.05) is 6.54 Å². The van der Waals surface area contributed by atoms with Gasteiger partial charge in [-0.25, -0.2) is 4.79 Å². The van der Waals surface area contributed by atoms with Crippen molar-refractivity contribution in [3.05, 3.63) is 11.6 Å². The second kappa shape index (κ2) is 4.96. The van der Waals surface area contributed by atoms with E-state index in [0.29, 0.717) is 13.0 Å². The van der Waals surface area contributed by atoms with Crippen LogP contribution in [-0.4, -0.2) is 34.5 Å². The standard InChI is InChI=1S/C11H17NO3/c1-8(2)7-10(13)12-6-4-3-5-9(12)11(14)15/h7,9H,3-6H2,1-2H3,(H,14,15)/t9-/m0/s1. The van der Waals surface area contributed by atoms with Crippen LogP contribution in [0.1, 0.15) is 33.1 Å². The highest BCUT2D eigenvalue weighted by Gasteiger charge is 2.30. The first-order valence-corrected chi connectivity index (χ1v) is 5.20. The van der Waals surface area contributed by atoms with Gasteiger partial charge in [0.1, 0.15) is 6.04 Å². The van der Waals surface area contributed by atoms with Crippen molar-refractivity contribution >= 4 is 11.9 Å². The minimum atomic E-state index is -0.898. The third kappa shape index (κ3) is 3.08. The summed E-state index contributed by atoms with van der Waals surface area (Å²) in [6, 6.07) is -0.637. The third-order valence-corrected chi connectivity index (χ3v) is 2.48. The third-order valence-electron chi connectivity index (χ3n) is 2.48. The van der Waals surface area contributed by atoms with Crippen molar-refractivity contribution in [2.45, 2.75) is 39.2 Å². The summed E-state index contributed by atoms with van der Waals surface area (Å²) in [4.78, 5) is 24.1. The minimum Gasteiger partial charge on any atom is -0.480 e. The average molecular weight is 211 g/mol. The van der Waals surface area contributed by atoms with Crippen LogP contribution < -0.4 is 0 Å². The van der Waals surface area contributed by atoms with Crippen molar-refractivity contribution in [2.24, 2.45) is 0 Å². The molecule has 1 N–H and O–H groups in total. The molecule has 15 heavy (non-hydrogen) atoms. The van der Waals surface area contributed by atoms with E-state index in [4.69, 9.17) is 5.11 Å². The number of piperidine rings is 1. The van der Waals surface area contributed by atoms with Crippen molar-refractivity contribution < 1.29 is 14.7 Å². The Bertz CT molecular complexity index is 292. The Hall–Kier alpha value is -1.32. The molecule has 4 nitrogen and oxygen atoms in total. The predicted molar refractivity (Wildman–Crippen MR) is 56.4 cm³/mol. The van der Waals surface area contributed by atoms with Gasteiger partial charge >= 0.3 is 5.97 Å². The van der Waals surface area contributed by atoms with Gasteiger partial charge in [0.15, 0.2) is 0 Å². The van der Waals surface area contributed by atoms with Gasteiger partial charge in [0.05, 0.1) is 0 Å². The molecule has 0 saturated carbocycles. The maximum Gasteiger partial charge on any atom is 0.326 e. The fourth-order valence-electron chi connectivity index (χ4n) is 1.78. The number of rotatable bonds is 2. The number of likely N-dealkylation sites (tertiary alicyclic amines) is 1. The number of carboxylic acid groups (broad SMARTS) is 1. The topological polar surface area (TPSA) is 57.6 Å². The number of carboxylic acids is 1. The zero-order valence-electron chi connectivity index (χ0n) is 9.19. The maximum atomic E-state index is 11.7. The Kier molecular flexibility index (Phi) is 3.88. The minimum absolute atomic E-state index is 0.179. The molecule has 4 heteroatoms. The second-order valence-corrected chi connectivity index (χ2v) is 4.10. The first-order chi connectivity index (χ1) is 7.02. The molecule has 0 unspecified atom stereocenters. The van der Waals surface area contributed by atoms with E-state index in [-0.39, 0.29) is 5.91 Å². The number of carbonyl (C=O) groups is 2. The maximum absolute atomic E-state index is 11.7. The van der Waals surface area contributed by atoms with E-state index in [1.165, 1.54) is 11.0 Å². The van der Waals surface area contributed by atoms with Crippen LogP contribution in [0.4, 0.5) is 0 Å². The summed E-state index contributed by atoms with van der Waals surface area (Å²) in [5, 5.41) is 8.98. The number of aliphatic carboxylic acids is 1. The number of allylic oxidation sites excluding steroid dienone is 1. The molecule has 1 aliphatic heterocycles. The van der Waals surface area contributed by atoms with Crippen molar-refractivity contribution in [1.29, 1.82) is 0 Å². The normalized spacial score (nSPS) is 20.9. The van der Waals surface area contributed by atoms with Crippen LogP contribution >= 0.6 is 0 Å². The molecule has 84 valence electrons. The lowest BCUT2D eigenvalue weighted by Gasteiger charge is -2.32. The molecule has 1 atom stereocenters. The molecule has 0 bridgehead atoms. The first-order valence-electron chi connectivity index (χ1n) is 5.20. The first kappa shape index (κ1) is 11.8. The van der Waals surface area contributed by atoms with Crippen LogP contribution in [0.5, 0.6) is 0 Å². The predicted octanol–water partition coefficient (Wildman–Crippen LogP) is 1.42. The molecule has 0 aromatic rings. The zero-order valence-corrected chi connectivity index (χ0v) is 9.19. The molecule has 1 rings (SSSR count). The SMILES string of the molecule is CC(C)=CC(=O)N1CCCC[C@H]1C(=O)O. The summed E-state index contributed by atoms with van der Waals surface area (Å²) < 4.78 is 0. The van der Waals surface area contributed by atoms with Gasteiger partial charge in [0.25, 0.3) is 0 Å². The molecule has 0 aliphatic carbocycles. The molecule has 1 fully saturated rings. The van der Waals surface area contributed by atoms with Gasteiger partial charge in [0, 0.05) is 12.6 Å². The average Bonchev–Trinajstić information content (AvgIpc) is 2.16. The van der Waals surface area contributed by atoms with Gasteiger partial charge in [-0.3, -0.25) is 4.79 Å². The monoisotopic (exact) mass is 211 g/mol. The highest BCUT2D eigenvalue weighted by Crippen LogP contribution is 2.17. The van der Waals surface area contributed by atoms with Crippen LogP contribution in [0, 0.1) is 0 Å². The van der Waals surface area contributed by atoms with Crippen LogP contribution in [0.3, 0.4) is 0 Å². The molecule has 0 radical (unpaired) electrons. The molecular formula is C11H17NO3. The largest absolute Gasteiger partial charge is 0.480 e. The number of amides is 1. The van der Waals surface area contributed by atoms with Crippen LogP contribution in [-0.2, 0) is 9.59 Å². The number of nitrogens with zero attached hydrogens (tertiary/aromatic N) is 1.